The van der Waals surface area contributed by atoms with Crippen molar-refractivity contribution in [3.05, 3.63) is 0 Å². The van der Waals surface area contributed by atoms with E-state index in [1.54, 1.807) is 20.9 Å². The number of carbonyl (C=O) groups is 5. The topological polar surface area (TPSA) is 192 Å². The van der Waals surface area contributed by atoms with Crippen LogP contribution in [0.2, 0.25) is 0 Å². The minimum Gasteiger partial charge on any atom is -0.481 e. The standard InChI is InChI=1S/C20H38N6O6/c1-13(2)17(26-15(27)8-5-10-22-3)19(31)25-14(7-4-12-24-20(21)32)18(30)23-11-6-9-16(28)29/h13-14,17,22H,4-12H2,1-3H3,(H,23,30)(H,25,31)(H,26,27)(H,28,29)(H3,21,24,32)/t14-,17+/m0/s1. The molecule has 0 aliphatic carbocycles. The molecule has 0 heterocycles. The van der Waals surface area contributed by atoms with E-state index >= 15 is 0 Å². The Morgan fingerprint density at radius 3 is 2.03 bits per heavy atom. The van der Waals surface area contributed by atoms with Crippen molar-refractivity contribution in [1.82, 2.24) is 26.6 Å². The Labute approximate surface area is 188 Å². The first-order valence-electron chi connectivity index (χ1n) is 10.9. The molecule has 0 radical (unpaired) electrons. The van der Waals surface area contributed by atoms with Crippen LogP contribution in [0.25, 0.3) is 0 Å². The van der Waals surface area contributed by atoms with Crippen molar-refractivity contribution in [1.29, 1.82) is 0 Å². The van der Waals surface area contributed by atoms with Crippen molar-refractivity contribution in [2.24, 2.45) is 11.7 Å². The molecule has 0 unspecified atom stereocenters. The Morgan fingerprint density at radius 2 is 1.47 bits per heavy atom. The van der Waals surface area contributed by atoms with Crippen LogP contribution in [-0.2, 0) is 19.2 Å². The molecule has 0 aliphatic rings. The normalized spacial score (nSPS) is 12.5. The summed E-state index contributed by atoms with van der Waals surface area (Å²) in [7, 11) is 1.79. The summed E-state index contributed by atoms with van der Waals surface area (Å²) in [6, 6.07) is -2.42. The summed E-state index contributed by atoms with van der Waals surface area (Å²) in [4.78, 5) is 59.0. The molecule has 0 rings (SSSR count). The fraction of sp³-hybridized carbons (Fsp3) is 0.750. The zero-order chi connectivity index (χ0) is 24.5. The first kappa shape index (κ1) is 29.1. The van der Waals surface area contributed by atoms with Gasteiger partial charge in [-0.3, -0.25) is 19.2 Å². The van der Waals surface area contributed by atoms with Gasteiger partial charge in [-0.25, -0.2) is 4.79 Å². The molecular weight excluding hydrogens is 420 g/mol. The Hall–Kier alpha value is -2.89. The van der Waals surface area contributed by atoms with Gasteiger partial charge in [0.25, 0.3) is 0 Å². The molecule has 5 amide bonds. The zero-order valence-corrected chi connectivity index (χ0v) is 19.2. The van der Waals surface area contributed by atoms with Gasteiger partial charge in [-0.1, -0.05) is 13.8 Å². The number of aliphatic carboxylic acids is 1. The Kier molecular flexibility index (Phi) is 15.2. The highest BCUT2D eigenvalue weighted by Crippen LogP contribution is 2.06. The maximum atomic E-state index is 12.8. The average molecular weight is 459 g/mol. The third-order valence-electron chi connectivity index (χ3n) is 4.56. The van der Waals surface area contributed by atoms with E-state index in [0.717, 1.165) is 0 Å². The maximum absolute atomic E-state index is 12.8. The molecule has 2 atom stereocenters. The Morgan fingerprint density at radius 1 is 0.844 bits per heavy atom. The van der Waals surface area contributed by atoms with Gasteiger partial charge in [0.05, 0.1) is 0 Å². The number of carboxylic acid groups (broad SMARTS) is 1. The fourth-order valence-corrected chi connectivity index (χ4v) is 2.83. The Balaban J connectivity index is 5.00. The van der Waals surface area contributed by atoms with Crippen molar-refractivity contribution < 1.29 is 29.1 Å². The lowest BCUT2D eigenvalue weighted by molar-refractivity contribution is -0.137. The summed E-state index contributed by atoms with van der Waals surface area (Å²) < 4.78 is 0. The van der Waals surface area contributed by atoms with Crippen molar-refractivity contribution in [3.8, 4) is 0 Å². The molecule has 0 bridgehead atoms. The molecule has 0 saturated carbocycles. The first-order valence-corrected chi connectivity index (χ1v) is 10.9. The van der Waals surface area contributed by atoms with Crippen molar-refractivity contribution in [3.63, 3.8) is 0 Å². The predicted molar refractivity (Wildman–Crippen MR) is 119 cm³/mol. The zero-order valence-electron chi connectivity index (χ0n) is 19.2. The molecule has 0 saturated heterocycles. The van der Waals surface area contributed by atoms with Gasteiger partial charge in [-0.2, -0.15) is 0 Å². The lowest BCUT2D eigenvalue weighted by atomic mass is 10.0. The van der Waals surface area contributed by atoms with Gasteiger partial charge in [0, 0.05) is 25.9 Å². The van der Waals surface area contributed by atoms with E-state index in [4.69, 9.17) is 10.8 Å². The number of carboxylic acids is 1. The van der Waals surface area contributed by atoms with Crippen molar-refractivity contribution in [2.75, 3.05) is 26.7 Å². The molecular formula is C20H38N6O6. The third kappa shape index (κ3) is 14.2. The SMILES string of the molecule is CNCCCC(=O)N[C@@H](C(=O)N[C@@H](CCCNC(N)=O)C(=O)NCCCC(=O)O)C(C)C. The van der Waals surface area contributed by atoms with E-state index in [1.165, 1.54) is 0 Å². The highest BCUT2D eigenvalue weighted by atomic mass is 16.4. The number of primary amides is 1. The summed E-state index contributed by atoms with van der Waals surface area (Å²) in [6.45, 7) is 4.62. The number of urea groups is 1. The van der Waals surface area contributed by atoms with Gasteiger partial charge >= 0.3 is 12.0 Å². The third-order valence-corrected chi connectivity index (χ3v) is 4.56. The number of nitrogens with one attached hydrogen (secondary N) is 5. The lowest BCUT2D eigenvalue weighted by Gasteiger charge is -2.25. The number of nitrogens with two attached hydrogens (primary N) is 1. The maximum Gasteiger partial charge on any atom is 0.312 e. The number of rotatable bonds is 17. The van der Waals surface area contributed by atoms with E-state index in [0.29, 0.717) is 19.4 Å². The highest BCUT2D eigenvalue weighted by molar-refractivity contribution is 5.92. The number of hydrogen-bond donors (Lipinski definition) is 7. The van der Waals surface area contributed by atoms with Gasteiger partial charge in [0.15, 0.2) is 0 Å². The van der Waals surface area contributed by atoms with E-state index in [9.17, 15) is 24.0 Å². The van der Waals surface area contributed by atoms with Crippen molar-refractivity contribution >= 4 is 29.7 Å². The van der Waals surface area contributed by atoms with Crippen LogP contribution in [0.3, 0.4) is 0 Å². The molecule has 0 fully saturated rings. The molecule has 0 aromatic heterocycles. The van der Waals surface area contributed by atoms with Gasteiger partial charge in [-0.15, -0.1) is 0 Å². The molecule has 0 aromatic carbocycles. The van der Waals surface area contributed by atoms with Crippen LogP contribution >= 0.6 is 0 Å². The minimum atomic E-state index is -0.966. The first-order chi connectivity index (χ1) is 15.1. The van der Waals surface area contributed by atoms with E-state index in [1.807, 2.05) is 0 Å². The second kappa shape index (κ2) is 16.8. The Bertz CT molecular complexity index is 628. The largest absolute Gasteiger partial charge is 0.481 e. The second-order valence-electron chi connectivity index (χ2n) is 7.78. The summed E-state index contributed by atoms with van der Waals surface area (Å²) in [5, 5.41) is 22.1. The van der Waals surface area contributed by atoms with E-state index in [-0.39, 0.29) is 50.6 Å². The summed E-state index contributed by atoms with van der Waals surface area (Å²) in [6.07, 6.45) is 1.65. The van der Waals surface area contributed by atoms with Crippen LogP contribution in [0.5, 0.6) is 0 Å². The van der Waals surface area contributed by atoms with Crippen LogP contribution in [0.4, 0.5) is 4.79 Å². The van der Waals surface area contributed by atoms with Gasteiger partial charge in [-0.05, 0) is 45.2 Å². The number of amides is 5. The molecule has 0 spiro atoms. The van der Waals surface area contributed by atoms with E-state index < -0.39 is 35.9 Å². The van der Waals surface area contributed by atoms with Crippen molar-refractivity contribution in [2.45, 2.75) is 64.5 Å². The van der Waals surface area contributed by atoms with Gasteiger partial charge in [0.2, 0.25) is 17.7 Å². The molecule has 8 N–H and O–H groups in total. The van der Waals surface area contributed by atoms with Gasteiger partial charge < -0.3 is 37.4 Å². The summed E-state index contributed by atoms with van der Waals surface area (Å²) >= 11 is 0. The molecule has 12 heteroatoms. The second-order valence-corrected chi connectivity index (χ2v) is 7.78. The predicted octanol–water partition coefficient (Wildman–Crippen LogP) is -0.959. The van der Waals surface area contributed by atoms with Crippen LogP contribution in [0.15, 0.2) is 0 Å². The van der Waals surface area contributed by atoms with E-state index in [2.05, 4.69) is 26.6 Å². The minimum absolute atomic E-state index is 0.0884. The highest BCUT2D eigenvalue weighted by Gasteiger charge is 2.28. The number of hydrogen-bond acceptors (Lipinski definition) is 6. The molecule has 0 aliphatic heterocycles. The molecule has 32 heavy (non-hydrogen) atoms. The number of carbonyl (C=O) groups excluding carboxylic acids is 4. The van der Waals surface area contributed by atoms with Crippen LogP contribution in [0.1, 0.15) is 52.4 Å². The van der Waals surface area contributed by atoms with Crippen LogP contribution in [-0.4, -0.2) is 73.6 Å². The summed E-state index contributed by atoms with van der Waals surface area (Å²) in [5.74, 6) is -2.39. The fourth-order valence-electron chi connectivity index (χ4n) is 2.83. The van der Waals surface area contributed by atoms with Crippen LogP contribution < -0.4 is 32.3 Å². The smallest absolute Gasteiger partial charge is 0.312 e. The average Bonchev–Trinajstić information content (AvgIpc) is 2.70. The summed E-state index contributed by atoms with van der Waals surface area (Å²) in [5.41, 5.74) is 5.03. The van der Waals surface area contributed by atoms with Crippen LogP contribution in [0, 0.1) is 5.92 Å². The lowest BCUT2D eigenvalue weighted by Crippen LogP contribution is -2.55. The monoisotopic (exact) mass is 458 g/mol. The molecule has 12 nitrogen and oxygen atoms in total. The quantitative estimate of drug-likeness (QED) is 0.136. The van der Waals surface area contributed by atoms with Gasteiger partial charge in [0.1, 0.15) is 12.1 Å². The molecule has 184 valence electrons. The molecule has 0 aromatic rings.